The van der Waals surface area contributed by atoms with E-state index in [1.165, 1.54) is 12.8 Å². The number of rotatable bonds is 1. The molecule has 1 unspecified atom stereocenters. The van der Waals surface area contributed by atoms with Crippen molar-refractivity contribution in [2.24, 2.45) is 10.2 Å². The fourth-order valence-electron chi connectivity index (χ4n) is 2.16. The number of azo groups is 1. The maximum Gasteiger partial charge on any atom is 0.155 e. The van der Waals surface area contributed by atoms with Crippen molar-refractivity contribution < 1.29 is 0 Å². The fourth-order valence-corrected chi connectivity index (χ4v) is 2.16. The predicted octanol–water partition coefficient (Wildman–Crippen LogP) is 2.27. The van der Waals surface area contributed by atoms with Crippen molar-refractivity contribution in [1.29, 1.82) is 0 Å². The first-order chi connectivity index (χ1) is 7.43. The van der Waals surface area contributed by atoms with E-state index in [4.69, 9.17) is 0 Å². The summed E-state index contributed by atoms with van der Waals surface area (Å²) in [6, 6.07) is 8.46. The number of hydrogen-bond acceptors (Lipinski definition) is 4. The van der Waals surface area contributed by atoms with Crippen LogP contribution in [0.3, 0.4) is 0 Å². The normalized spacial score (nSPS) is 28.5. The lowest BCUT2D eigenvalue weighted by Gasteiger charge is -2.24. The van der Waals surface area contributed by atoms with Crippen LogP contribution in [0.2, 0.25) is 0 Å². The van der Waals surface area contributed by atoms with Gasteiger partial charge in [-0.1, -0.05) is 12.1 Å². The molecule has 1 saturated heterocycles. The molecule has 78 valence electrons. The highest BCUT2D eigenvalue weighted by atomic mass is 15.3. The average Bonchev–Trinajstić information content (AvgIpc) is 2.82. The van der Waals surface area contributed by atoms with Crippen LogP contribution in [0.1, 0.15) is 12.8 Å². The Hall–Kier alpha value is -1.42. The van der Waals surface area contributed by atoms with E-state index in [9.17, 15) is 0 Å². The first-order valence-electron chi connectivity index (χ1n) is 5.43. The van der Waals surface area contributed by atoms with Crippen LogP contribution in [0.25, 0.3) is 0 Å². The van der Waals surface area contributed by atoms with Crippen molar-refractivity contribution in [2.45, 2.75) is 25.0 Å². The van der Waals surface area contributed by atoms with Gasteiger partial charge in [-0.3, -0.25) is 0 Å². The first kappa shape index (κ1) is 8.85. The lowest BCUT2D eigenvalue weighted by atomic mass is 10.1. The van der Waals surface area contributed by atoms with Crippen molar-refractivity contribution >= 4 is 11.4 Å². The van der Waals surface area contributed by atoms with E-state index in [0.717, 1.165) is 17.9 Å². The smallest absolute Gasteiger partial charge is 0.155 e. The molecule has 0 saturated carbocycles. The summed E-state index contributed by atoms with van der Waals surface area (Å²) in [4.78, 5) is 0. The lowest BCUT2D eigenvalue weighted by Crippen LogP contribution is -2.39. The van der Waals surface area contributed by atoms with Crippen molar-refractivity contribution in [1.82, 2.24) is 5.32 Å². The predicted molar refractivity (Wildman–Crippen MR) is 59.4 cm³/mol. The number of hydrogen-bond donors (Lipinski definition) is 2. The topological polar surface area (TPSA) is 48.8 Å². The number of para-hydroxylation sites is 1. The minimum atomic E-state index is 0.0994. The molecule has 4 nitrogen and oxygen atoms in total. The van der Waals surface area contributed by atoms with E-state index in [2.05, 4.69) is 26.9 Å². The Labute approximate surface area is 88.8 Å². The molecule has 2 aliphatic heterocycles. The molecule has 1 aromatic carbocycles. The van der Waals surface area contributed by atoms with Crippen molar-refractivity contribution in [3.05, 3.63) is 24.3 Å². The highest BCUT2D eigenvalue weighted by Crippen LogP contribution is 2.30. The summed E-state index contributed by atoms with van der Waals surface area (Å²) in [5.74, 6) is 0. The molecule has 4 heteroatoms. The summed E-state index contributed by atoms with van der Waals surface area (Å²) in [6.45, 7) is 1.10. The van der Waals surface area contributed by atoms with Gasteiger partial charge in [-0.2, -0.15) is 10.2 Å². The molecule has 1 aromatic rings. The molecule has 1 fully saturated rings. The van der Waals surface area contributed by atoms with Gasteiger partial charge in [0.25, 0.3) is 0 Å². The van der Waals surface area contributed by atoms with Gasteiger partial charge in [0.1, 0.15) is 5.69 Å². The van der Waals surface area contributed by atoms with Gasteiger partial charge in [-0.25, -0.2) is 0 Å². The van der Waals surface area contributed by atoms with E-state index in [-0.39, 0.29) is 6.17 Å². The zero-order valence-corrected chi connectivity index (χ0v) is 8.48. The third-order valence-corrected chi connectivity index (χ3v) is 2.98. The molecule has 2 N–H and O–H groups in total. The Bertz CT molecular complexity index is 382. The lowest BCUT2D eigenvalue weighted by molar-refractivity contribution is 0.505. The van der Waals surface area contributed by atoms with Crippen LogP contribution in [-0.4, -0.2) is 18.8 Å². The molecule has 0 bridgehead atoms. The quantitative estimate of drug-likeness (QED) is 0.734. The van der Waals surface area contributed by atoms with Gasteiger partial charge in [0.05, 0.1) is 5.69 Å². The van der Waals surface area contributed by atoms with E-state index < -0.39 is 0 Å². The number of anilines is 1. The fraction of sp³-hybridized carbons (Fsp3) is 0.455. The largest absolute Gasteiger partial charge is 0.359 e. The van der Waals surface area contributed by atoms with Crippen LogP contribution in [0, 0.1) is 0 Å². The maximum atomic E-state index is 4.30. The van der Waals surface area contributed by atoms with Crippen LogP contribution in [0.4, 0.5) is 11.4 Å². The molecular weight excluding hydrogens is 188 g/mol. The summed E-state index contributed by atoms with van der Waals surface area (Å²) in [7, 11) is 0. The standard InChI is InChI=1S/C11H14N4/c1-2-5-9-8(4-1)13-11(15-14-9)10-6-3-7-12-10/h1-2,4-5,10-13H,3,6-7H2/t10-,11?/m0/s1. The molecule has 0 aromatic heterocycles. The molecule has 2 aliphatic rings. The summed E-state index contributed by atoms with van der Waals surface area (Å²) in [5, 5.41) is 15.4. The maximum absolute atomic E-state index is 4.30. The van der Waals surface area contributed by atoms with Crippen LogP contribution < -0.4 is 10.6 Å². The number of benzene rings is 1. The molecule has 15 heavy (non-hydrogen) atoms. The Morgan fingerprint density at radius 2 is 2.20 bits per heavy atom. The van der Waals surface area contributed by atoms with Crippen molar-refractivity contribution in [3.8, 4) is 0 Å². The number of nitrogens with zero attached hydrogens (tertiary/aromatic N) is 2. The summed E-state index contributed by atoms with van der Waals surface area (Å²) in [5.41, 5.74) is 2.03. The second kappa shape index (κ2) is 3.62. The second-order valence-electron chi connectivity index (χ2n) is 4.02. The van der Waals surface area contributed by atoms with Crippen molar-refractivity contribution in [2.75, 3.05) is 11.9 Å². The minimum Gasteiger partial charge on any atom is -0.359 e. The minimum absolute atomic E-state index is 0.0994. The van der Waals surface area contributed by atoms with E-state index in [0.29, 0.717) is 6.04 Å². The van der Waals surface area contributed by atoms with Crippen molar-refractivity contribution in [3.63, 3.8) is 0 Å². The molecular formula is C11H14N4. The molecule has 0 aliphatic carbocycles. The molecule has 0 spiro atoms. The highest BCUT2D eigenvalue weighted by Gasteiger charge is 2.26. The van der Waals surface area contributed by atoms with Gasteiger partial charge < -0.3 is 10.6 Å². The molecule has 2 heterocycles. The summed E-state index contributed by atoms with van der Waals surface area (Å²) in [6.07, 6.45) is 2.51. The molecule has 0 amide bonds. The number of fused-ring (bicyclic) bond motifs is 1. The Morgan fingerprint density at radius 3 is 3.07 bits per heavy atom. The first-order valence-corrected chi connectivity index (χ1v) is 5.43. The third-order valence-electron chi connectivity index (χ3n) is 2.98. The summed E-state index contributed by atoms with van der Waals surface area (Å²) < 4.78 is 0. The van der Waals surface area contributed by atoms with Crippen LogP contribution in [-0.2, 0) is 0 Å². The highest BCUT2D eigenvalue weighted by molar-refractivity contribution is 5.66. The monoisotopic (exact) mass is 202 g/mol. The van der Waals surface area contributed by atoms with E-state index in [1.807, 2.05) is 18.2 Å². The van der Waals surface area contributed by atoms with Gasteiger partial charge in [-0.05, 0) is 31.5 Å². The second-order valence-corrected chi connectivity index (χ2v) is 4.02. The van der Waals surface area contributed by atoms with Crippen LogP contribution >= 0.6 is 0 Å². The average molecular weight is 202 g/mol. The van der Waals surface area contributed by atoms with Crippen LogP contribution in [0.5, 0.6) is 0 Å². The Balaban J connectivity index is 1.82. The van der Waals surface area contributed by atoms with Gasteiger partial charge >= 0.3 is 0 Å². The van der Waals surface area contributed by atoms with Gasteiger partial charge in [0, 0.05) is 6.04 Å². The van der Waals surface area contributed by atoms with Gasteiger partial charge in [-0.15, -0.1) is 0 Å². The van der Waals surface area contributed by atoms with E-state index >= 15 is 0 Å². The Morgan fingerprint density at radius 1 is 1.27 bits per heavy atom. The van der Waals surface area contributed by atoms with E-state index in [1.54, 1.807) is 0 Å². The summed E-state index contributed by atoms with van der Waals surface area (Å²) >= 11 is 0. The third kappa shape index (κ3) is 1.61. The zero-order valence-electron chi connectivity index (χ0n) is 8.48. The Kier molecular flexibility index (Phi) is 2.14. The van der Waals surface area contributed by atoms with Gasteiger partial charge in [0.2, 0.25) is 0 Å². The SMILES string of the molecule is c1ccc2c(c1)N=NC([C@@H]1CCCN1)N2. The zero-order chi connectivity index (χ0) is 10.1. The van der Waals surface area contributed by atoms with Gasteiger partial charge in [0.15, 0.2) is 6.17 Å². The molecule has 3 rings (SSSR count). The molecule has 0 radical (unpaired) electrons. The molecule has 2 atom stereocenters. The van der Waals surface area contributed by atoms with Crippen LogP contribution in [0.15, 0.2) is 34.5 Å². The number of nitrogens with one attached hydrogen (secondary N) is 2.